The summed E-state index contributed by atoms with van der Waals surface area (Å²) in [7, 11) is 0. The second-order valence-electron chi connectivity index (χ2n) is 14.6. The molecule has 11 aromatic rings. The van der Waals surface area contributed by atoms with Gasteiger partial charge in [0.2, 0.25) is 0 Å². The van der Waals surface area contributed by atoms with Gasteiger partial charge < -0.3 is 14.3 Å². The minimum Gasteiger partial charge on any atom is -0.456 e. The summed E-state index contributed by atoms with van der Waals surface area (Å²) in [4.78, 5) is 10.1. The van der Waals surface area contributed by atoms with Crippen molar-refractivity contribution in [1.29, 1.82) is 0 Å². The Balaban J connectivity index is 0.978. The van der Waals surface area contributed by atoms with Gasteiger partial charge in [-0.2, -0.15) is 0 Å². The minimum atomic E-state index is -0.267. The van der Waals surface area contributed by atoms with Gasteiger partial charge >= 0.3 is 0 Å². The summed E-state index contributed by atoms with van der Waals surface area (Å²) < 4.78 is 11.5. The number of hydrogen-bond donors (Lipinski definition) is 1. The molecule has 0 fully saturated rings. The fourth-order valence-electron chi connectivity index (χ4n) is 8.64. The molecule has 5 nitrogen and oxygen atoms in total. The molecule has 1 aliphatic heterocycles. The van der Waals surface area contributed by atoms with Gasteiger partial charge in [0.15, 0.2) is 5.84 Å². The quantitative estimate of drug-likeness (QED) is 0.191. The number of aromatic nitrogens is 1. The summed E-state index contributed by atoms with van der Waals surface area (Å²) in [6, 6.07) is 64.3. The van der Waals surface area contributed by atoms with E-state index in [4.69, 9.17) is 14.4 Å². The van der Waals surface area contributed by atoms with E-state index in [1.54, 1.807) is 0 Å². The van der Waals surface area contributed by atoms with Gasteiger partial charge in [-0.05, 0) is 65.2 Å². The molecule has 57 heavy (non-hydrogen) atoms. The summed E-state index contributed by atoms with van der Waals surface area (Å²) in [5.74, 6) is 1.46. The fraction of sp³-hybridized carbons (Fsp3) is 0.0196. The van der Waals surface area contributed by atoms with Gasteiger partial charge in [0.05, 0.1) is 21.4 Å². The molecule has 4 heterocycles. The van der Waals surface area contributed by atoms with Crippen LogP contribution in [-0.4, -0.2) is 16.2 Å². The van der Waals surface area contributed by atoms with Crippen LogP contribution in [-0.2, 0) is 0 Å². The van der Waals surface area contributed by atoms with Crippen LogP contribution in [0.15, 0.2) is 196 Å². The first-order valence-corrected chi connectivity index (χ1v) is 20.0. The fourth-order valence-corrected chi connectivity index (χ4v) is 9.88. The Bertz CT molecular complexity index is 3390. The predicted molar refractivity (Wildman–Crippen MR) is 238 cm³/mol. The standard InChI is InChI=1S/C51H32N4OS/c1-3-13-31(14-4-1)49-52-50(32-15-5-2-6-16-32)54-51(53-49)34-25-27-38-40-29-33(26-28-44(40)56-45(38)30-34)35-19-12-24-46-47(35)39-20-11-23-43(48(39)57-46)55-41-21-9-7-17-36(41)37-18-8-10-22-42(37)55/h1-30,49H,(H,52,53,54). The van der Waals surface area contributed by atoms with Crippen LogP contribution in [0.4, 0.5) is 0 Å². The molecule has 0 amide bonds. The molecule has 1 atom stereocenters. The number of benzene rings is 8. The molecule has 6 heteroatoms. The van der Waals surface area contributed by atoms with Crippen molar-refractivity contribution in [2.75, 3.05) is 0 Å². The zero-order chi connectivity index (χ0) is 37.5. The Kier molecular flexibility index (Phi) is 7.09. The van der Waals surface area contributed by atoms with Crippen molar-refractivity contribution in [3.05, 3.63) is 199 Å². The van der Waals surface area contributed by atoms with E-state index in [9.17, 15) is 0 Å². The van der Waals surface area contributed by atoms with Crippen LogP contribution in [0.25, 0.3) is 80.7 Å². The van der Waals surface area contributed by atoms with Crippen LogP contribution < -0.4 is 5.32 Å². The molecule has 3 aromatic heterocycles. The molecule has 0 aliphatic carbocycles. The first-order chi connectivity index (χ1) is 28.2. The second-order valence-corrected chi connectivity index (χ2v) is 15.6. The lowest BCUT2D eigenvalue weighted by molar-refractivity contribution is 0.667. The lowest BCUT2D eigenvalue weighted by Crippen LogP contribution is -2.33. The van der Waals surface area contributed by atoms with Crippen molar-refractivity contribution in [2.45, 2.75) is 6.17 Å². The SMILES string of the molecule is c1ccc(C2=NC(c3ccc4c(c3)oc3ccc(-c5cccc6sc7c(-n8c9ccccc9c9ccccc98)cccc7c56)cc34)=NC(c3ccccc3)N2)cc1. The number of hydrogen-bond acceptors (Lipinski definition) is 5. The maximum atomic E-state index is 6.55. The van der Waals surface area contributed by atoms with E-state index in [0.717, 1.165) is 50.0 Å². The molecule has 0 radical (unpaired) electrons. The lowest BCUT2D eigenvalue weighted by Gasteiger charge is -2.23. The molecule has 0 saturated carbocycles. The highest BCUT2D eigenvalue weighted by Crippen LogP contribution is 2.45. The second kappa shape index (κ2) is 12.6. The largest absolute Gasteiger partial charge is 0.456 e. The first kappa shape index (κ1) is 32.0. The van der Waals surface area contributed by atoms with E-state index in [-0.39, 0.29) is 6.17 Å². The Morgan fingerprint density at radius 3 is 2.04 bits per heavy atom. The predicted octanol–water partition coefficient (Wildman–Crippen LogP) is 13.2. The Morgan fingerprint density at radius 2 is 1.23 bits per heavy atom. The average Bonchev–Trinajstić information content (AvgIpc) is 3.96. The molecule has 1 N–H and O–H groups in total. The van der Waals surface area contributed by atoms with Crippen LogP contribution in [0, 0.1) is 0 Å². The zero-order valence-corrected chi connectivity index (χ0v) is 31.4. The van der Waals surface area contributed by atoms with Crippen LogP contribution in [0.5, 0.6) is 0 Å². The highest BCUT2D eigenvalue weighted by Gasteiger charge is 2.22. The molecule has 268 valence electrons. The summed E-state index contributed by atoms with van der Waals surface area (Å²) >= 11 is 1.87. The number of para-hydroxylation sites is 2. The number of nitrogens with zero attached hydrogens (tertiary/aromatic N) is 3. The van der Waals surface area contributed by atoms with Crippen molar-refractivity contribution in [3.8, 4) is 16.8 Å². The molecule has 8 aromatic carbocycles. The molecular weight excluding hydrogens is 717 g/mol. The van der Waals surface area contributed by atoms with E-state index < -0.39 is 0 Å². The van der Waals surface area contributed by atoms with Gasteiger partial charge in [-0.1, -0.05) is 133 Å². The van der Waals surface area contributed by atoms with Crippen molar-refractivity contribution in [3.63, 3.8) is 0 Å². The number of furan rings is 1. The smallest absolute Gasteiger partial charge is 0.159 e. The Hall–Kier alpha value is -7.28. The summed E-state index contributed by atoms with van der Waals surface area (Å²) in [6.45, 7) is 0. The zero-order valence-electron chi connectivity index (χ0n) is 30.6. The van der Waals surface area contributed by atoms with Crippen molar-refractivity contribution >= 4 is 86.9 Å². The Labute approximate surface area is 331 Å². The summed E-state index contributed by atoms with van der Waals surface area (Å²) in [5.41, 5.74) is 10.7. The molecule has 12 rings (SSSR count). The van der Waals surface area contributed by atoms with Crippen molar-refractivity contribution < 1.29 is 4.42 Å². The molecule has 1 unspecified atom stereocenters. The maximum absolute atomic E-state index is 6.55. The van der Waals surface area contributed by atoms with Gasteiger partial charge in [0.1, 0.15) is 23.2 Å². The Morgan fingerprint density at radius 1 is 0.526 bits per heavy atom. The molecular formula is C51H32N4OS. The van der Waals surface area contributed by atoms with Crippen LogP contribution >= 0.6 is 11.3 Å². The van der Waals surface area contributed by atoms with E-state index in [1.807, 2.05) is 47.7 Å². The molecule has 1 aliphatic rings. The van der Waals surface area contributed by atoms with Crippen LogP contribution in [0.2, 0.25) is 0 Å². The molecule has 0 spiro atoms. The number of thiophene rings is 1. The van der Waals surface area contributed by atoms with Gasteiger partial charge in [-0.25, -0.2) is 9.98 Å². The number of amidine groups is 2. The topological polar surface area (TPSA) is 54.8 Å². The normalized spacial score (nSPS) is 14.5. The van der Waals surface area contributed by atoms with Crippen LogP contribution in [0.3, 0.4) is 0 Å². The number of aliphatic imine (C=N–C) groups is 2. The summed E-state index contributed by atoms with van der Waals surface area (Å²) in [6.07, 6.45) is -0.267. The summed E-state index contributed by atoms with van der Waals surface area (Å²) in [5, 5.41) is 10.8. The third-order valence-electron chi connectivity index (χ3n) is 11.3. The van der Waals surface area contributed by atoms with E-state index >= 15 is 0 Å². The highest BCUT2D eigenvalue weighted by atomic mass is 32.1. The number of nitrogens with one attached hydrogen (secondary N) is 1. The lowest BCUT2D eigenvalue weighted by atomic mass is 9.97. The monoisotopic (exact) mass is 748 g/mol. The average molecular weight is 749 g/mol. The maximum Gasteiger partial charge on any atom is 0.159 e. The van der Waals surface area contributed by atoms with Gasteiger partial charge in [0, 0.05) is 48.1 Å². The van der Waals surface area contributed by atoms with Gasteiger partial charge in [-0.15, -0.1) is 11.3 Å². The number of rotatable bonds is 5. The molecule has 0 saturated heterocycles. The third kappa shape index (κ3) is 5.08. The third-order valence-corrected chi connectivity index (χ3v) is 12.5. The van der Waals surface area contributed by atoms with Crippen molar-refractivity contribution in [1.82, 2.24) is 9.88 Å². The van der Waals surface area contributed by atoms with Gasteiger partial charge in [-0.3, -0.25) is 0 Å². The van der Waals surface area contributed by atoms with E-state index in [2.05, 4.69) is 155 Å². The molecule has 0 bridgehead atoms. The number of fused-ring (bicyclic) bond motifs is 9. The highest BCUT2D eigenvalue weighted by molar-refractivity contribution is 7.26. The van der Waals surface area contributed by atoms with Crippen molar-refractivity contribution in [2.24, 2.45) is 9.98 Å². The minimum absolute atomic E-state index is 0.267. The van der Waals surface area contributed by atoms with Gasteiger partial charge in [0.25, 0.3) is 0 Å². The van der Waals surface area contributed by atoms with Crippen LogP contribution in [0.1, 0.15) is 22.9 Å². The van der Waals surface area contributed by atoms with E-state index in [1.165, 1.54) is 53.2 Å². The first-order valence-electron chi connectivity index (χ1n) is 19.2. The van der Waals surface area contributed by atoms with E-state index in [0.29, 0.717) is 5.84 Å².